The van der Waals surface area contributed by atoms with Crippen LogP contribution in [0.15, 0.2) is 76.0 Å². The van der Waals surface area contributed by atoms with Crippen molar-refractivity contribution in [3.63, 3.8) is 0 Å². The maximum atomic E-state index is 12.4. The van der Waals surface area contributed by atoms with Gasteiger partial charge in [-0.3, -0.25) is 9.89 Å². The standard InChI is InChI=1S/C18H12BrN3O/c19-14-8-4-7-13(9-14)16-10-17-20-15(11-18(23)22(17)21-16)12-5-2-1-3-6-12/h1-11,21H. The number of H-pyrrole nitrogens is 1. The van der Waals surface area contributed by atoms with Crippen molar-refractivity contribution < 1.29 is 0 Å². The molecule has 4 aromatic rings. The van der Waals surface area contributed by atoms with Crippen LogP contribution < -0.4 is 5.56 Å². The minimum Gasteiger partial charge on any atom is -0.289 e. The van der Waals surface area contributed by atoms with Crippen LogP contribution >= 0.6 is 15.9 Å². The molecule has 0 saturated heterocycles. The molecule has 5 heteroatoms. The third-order valence-corrected chi connectivity index (χ3v) is 4.15. The Morgan fingerprint density at radius 1 is 0.913 bits per heavy atom. The summed E-state index contributed by atoms with van der Waals surface area (Å²) in [5.74, 6) is 0. The molecular weight excluding hydrogens is 354 g/mol. The van der Waals surface area contributed by atoms with Crippen LogP contribution in [0.1, 0.15) is 0 Å². The topological polar surface area (TPSA) is 50.2 Å². The first kappa shape index (κ1) is 14.0. The fourth-order valence-corrected chi connectivity index (χ4v) is 2.95. The van der Waals surface area contributed by atoms with Gasteiger partial charge in [0, 0.05) is 27.7 Å². The average molecular weight is 366 g/mol. The van der Waals surface area contributed by atoms with Crippen molar-refractivity contribution in [3.8, 4) is 22.5 Å². The largest absolute Gasteiger partial charge is 0.289 e. The highest BCUT2D eigenvalue weighted by atomic mass is 79.9. The number of fused-ring (bicyclic) bond motifs is 1. The summed E-state index contributed by atoms with van der Waals surface area (Å²) in [5, 5.41) is 3.11. The van der Waals surface area contributed by atoms with Crippen LogP contribution in [0.25, 0.3) is 28.2 Å². The molecule has 0 aliphatic rings. The number of hydrogen-bond donors (Lipinski definition) is 1. The van der Waals surface area contributed by atoms with E-state index in [4.69, 9.17) is 0 Å². The van der Waals surface area contributed by atoms with E-state index < -0.39 is 0 Å². The van der Waals surface area contributed by atoms with Crippen molar-refractivity contribution >= 4 is 21.6 Å². The molecule has 0 atom stereocenters. The minimum atomic E-state index is -0.130. The first-order valence-electron chi connectivity index (χ1n) is 7.15. The summed E-state index contributed by atoms with van der Waals surface area (Å²) < 4.78 is 2.45. The van der Waals surface area contributed by atoms with Gasteiger partial charge in [0.2, 0.25) is 0 Å². The van der Waals surface area contributed by atoms with Crippen LogP contribution in [-0.4, -0.2) is 14.6 Å². The second-order valence-electron chi connectivity index (χ2n) is 5.22. The lowest BCUT2D eigenvalue weighted by Crippen LogP contribution is -2.14. The van der Waals surface area contributed by atoms with Gasteiger partial charge in [0.1, 0.15) is 0 Å². The maximum absolute atomic E-state index is 12.4. The van der Waals surface area contributed by atoms with Crippen molar-refractivity contribution in [1.29, 1.82) is 0 Å². The van der Waals surface area contributed by atoms with Gasteiger partial charge in [-0.2, -0.15) is 0 Å². The van der Waals surface area contributed by atoms with Crippen LogP contribution in [0.3, 0.4) is 0 Å². The molecule has 0 aliphatic heterocycles. The monoisotopic (exact) mass is 365 g/mol. The summed E-state index contributed by atoms with van der Waals surface area (Å²) in [7, 11) is 0. The third kappa shape index (κ3) is 2.59. The van der Waals surface area contributed by atoms with Gasteiger partial charge in [-0.25, -0.2) is 9.50 Å². The highest BCUT2D eigenvalue weighted by Crippen LogP contribution is 2.23. The lowest BCUT2D eigenvalue weighted by molar-refractivity contribution is 0.904. The predicted octanol–water partition coefficient (Wildman–Crippen LogP) is 4.12. The van der Waals surface area contributed by atoms with Crippen LogP contribution in [0.5, 0.6) is 0 Å². The number of aromatic amines is 1. The van der Waals surface area contributed by atoms with Gasteiger partial charge in [-0.05, 0) is 12.1 Å². The Morgan fingerprint density at radius 2 is 1.70 bits per heavy atom. The zero-order chi connectivity index (χ0) is 15.8. The quantitative estimate of drug-likeness (QED) is 0.580. The fraction of sp³-hybridized carbons (Fsp3) is 0. The van der Waals surface area contributed by atoms with Crippen LogP contribution in [-0.2, 0) is 0 Å². The van der Waals surface area contributed by atoms with E-state index in [-0.39, 0.29) is 5.56 Å². The molecule has 4 nitrogen and oxygen atoms in total. The van der Waals surface area contributed by atoms with E-state index in [9.17, 15) is 4.79 Å². The molecule has 2 aromatic carbocycles. The van der Waals surface area contributed by atoms with E-state index in [0.29, 0.717) is 11.3 Å². The van der Waals surface area contributed by atoms with E-state index >= 15 is 0 Å². The van der Waals surface area contributed by atoms with Crippen molar-refractivity contribution in [1.82, 2.24) is 14.6 Å². The van der Waals surface area contributed by atoms with Gasteiger partial charge < -0.3 is 0 Å². The summed E-state index contributed by atoms with van der Waals surface area (Å²) in [6, 6.07) is 21.0. The molecule has 2 heterocycles. The lowest BCUT2D eigenvalue weighted by Gasteiger charge is -2.00. The number of rotatable bonds is 2. The molecule has 4 rings (SSSR count). The number of benzene rings is 2. The average Bonchev–Trinajstić information content (AvgIpc) is 3.00. The van der Waals surface area contributed by atoms with Crippen LogP contribution in [0.4, 0.5) is 0 Å². The first-order chi connectivity index (χ1) is 11.2. The SMILES string of the molecule is O=c1cc(-c2ccccc2)nc2cc(-c3cccc(Br)c3)[nH]n12. The molecule has 0 amide bonds. The second-order valence-corrected chi connectivity index (χ2v) is 6.14. The number of nitrogens with one attached hydrogen (secondary N) is 1. The molecule has 0 fully saturated rings. The third-order valence-electron chi connectivity index (χ3n) is 3.66. The normalized spacial score (nSPS) is 11.0. The highest BCUT2D eigenvalue weighted by molar-refractivity contribution is 9.10. The molecular formula is C18H12BrN3O. The smallest absolute Gasteiger partial charge is 0.273 e. The van der Waals surface area contributed by atoms with E-state index in [1.165, 1.54) is 4.52 Å². The minimum absolute atomic E-state index is 0.130. The van der Waals surface area contributed by atoms with Gasteiger partial charge in [-0.15, -0.1) is 0 Å². The van der Waals surface area contributed by atoms with Crippen LogP contribution in [0.2, 0.25) is 0 Å². The van der Waals surface area contributed by atoms with Crippen molar-refractivity contribution in [3.05, 3.63) is 81.6 Å². The van der Waals surface area contributed by atoms with Gasteiger partial charge in [-0.1, -0.05) is 58.4 Å². The van der Waals surface area contributed by atoms with E-state index in [1.807, 2.05) is 60.7 Å². The molecule has 2 aromatic heterocycles. The Balaban J connectivity index is 1.89. The van der Waals surface area contributed by atoms with Crippen LogP contribution in [0, 0.1) is 0 Å². The van der Waals surface area contributed by atoms with E-state index in [1.54, 1.807) is 6.07 Å². The van der Waals surface area contributed by atoms with Gasteiger partial charge in [0.15, 0.2) is 5.65 Å². The molecule has 0 unspecified atom stereocenters. The molecule has 23 heavy (non-hydrogen) atoms. The lowest BCUT2D eigenvalue weighted by atomic mass is 10.1. The van der Waals surface area contributed by atoms with Crippen molar-refractivity contribution in [2.75, 3.05) is 0 Å². The zero-order valence-electron chi connectivity index (χ0n) is 12.0. The molecule has 112 valence electrons. The number of nitrogens with zero attached hydrogens (tertiary/aromatic N) is 2. The summed E-state index contributed by atoms with van der Waals surface area (Å²) in [5.41, 5.74) is 3.92. The van der Waals surface area contributed by atoms with Gasteiger partial charge in [0.05, 0.1) is 11.4 Å². The molecule has 0 radical (unpaired) electrons. The second kappa shape index (κ2) is 5.52. The fourth-order valence-electron chi connectivity index (χ4n) is 2.55. The Kier molecular flexibility index (Phi) is 3.35. The maximum Gasteiger partial charge on any atom is 0.273 e. The van der Waals surface area contributed by atoms with E-state index in [2.05, 4.69) is 26.0 Å². The summed E-state index contributed by atoms with van der Waals surface area (Å²) in [4.78, 5) is 17.0. The number of aromatic nitrogens is 3. The molecule has 0 bridgehead atoms. The van der Waals surface area contributed by atoms with Crippen molar-refractivity contribution in [2.24, 2.45) is 0 Å². The zero-order valence-corrected chi connectivity index (χ0v) is 13.6. The molecule has 0 aliphatic carbocycles. The van der Waals surface area contributed by atoms with E-state index in [0.717, 1.165) is 21.3 Å². The summed E-state index contributed by atoms with van der Waals surface area (Å²) in [6.07, 6.45) is 0. The number of hydrogen-bond acceptors (Lipinski definition) is 2. The van der Waals surface area contributed by atoms with Gasteiger partial charge >= 0.3 is 0 Å². The Bertz CT molecular complexity index is 1050. The molecule has 1 N–H and O–H groups in total. The Morgan fingerprint density at radius 3 is 2.48 bits per heavy atom. The molecule has 0 spiro atoms. The Hall–Kier alpha value is -2.66. The van der Waals surface area contributed by atoms with Crippen molar-refractivity contribution in [2.45, 2.75) is 0 Å². The predicted molar refractivity (Wildman–Crippen MR) is 94.4 cm³/mol. The molecule has 0 saturated carbocycles. The first-order valence-corrected chi connectivity index (χ1v) is 7.94. The number of halogens is 1. The summed E-state index contributed by atoms with van der Waals surface area (Å²) in [6.45, 7) is 0. The van der Waals surface area contributed by atoms with Gasteiger partial charge in [0.25, 0.3) is 5.56 Å². The Labute approximate surface area is 140 Å². The summed E-state index contributed by atoms with van der Waals surface area (Å²) >= 11 is 3.46. The highest BCUT2D eigenvalue weighted by Gasteiger charge is 2.09.